The third-order valence-corrected chi connectivity index (χ3v) is 9.00. The Morgan fingerprint density at radius 2 is 1.72 bits per heavy atom. The first kappa shape index (κ1) is 29.1. The van der Waals surface area contributed by atoms with Crippen molar-refractivity contribution in [1.29, 1.82) is 0 Å². The molecule has 1 aliphatic rings. The van der Waals surface area contributed by atoms with E-state index < -0.39 is 0 Å². The van der Waals surface area contributed by atoms with Crippen LogP contribution in [0.5, 0.6) is 11.5 Å². The summed E-state index contributed by atoms with van der Waals surface area (Å²) >= 11 is 1.59. The first-order valence-electron chi connectivity index (χ1n) is 14.6. The van der Waals surface area contributed by atoms with Crippen molar-refractivity contribution in [3.63, 3.8) is 0 Å². The molecule has 7 heteroatoms. The molecule has 0 bridgehead atoms. The Labute approximate surface area is 256 Å². The number of ketones is 1. The third-order valence-electron chi connectivity index (χ3n) is 7.80. The van der Waals surface area contributed by atoms with E-state index in [1.165, 1.54) is 0 Å². The quantitative estimate of drug-likeness (QED) is 0.171. The van der Waals surface area contributed by atoms with Crippen LogP contribution in [0.15, 0.2) is 91.0 Å². The van der Waals surface area contributed by atoms with E-state index >= 15 is 0 Å². The number of carbonyl (C=O) groups excluding carboxylic acids is 1. The summed E-state index contributed by atoms with van der Waals surface area (Å²) in [5.74, 6) is 1.42. The first-order valence-corrected chi connectivity index (χ1v) is 15.4. The predicted molar refractivity (Wildman–Crippen MR) is 171 cm³/mol. The van der Waals surface area contributed by atoms with Crippen molar-refractivity contribution in [1.82, 2.24) is 4.90 Å². The van der Waals surface area contributed by atoms with Gasteiger partial charge in [-0.25, -0.2) is 0 Å². The number of aliphatic hydroxyl groups excluding tert-OH is 1. The van der Waals surface area contributed by atoms with Crippen molar-refractivity contribution in [2.24, 2.45) is 0 Å². The van der Waals surface area contributed by atoms with E-state index in [2.05, 4.69) is 4.90 Å². The topological polar surface area (TPSA) is 68.2 Å². The molecular formula is C36H35NO5S. The van der Waals surface area contributed by atoms with Gasteiger partial charge in [0.2, 0.25) is 0 Å². The number of rotatable bonds is 11. The maximum atomic E-state index is 14.3. The van der Waals surface area contributed by atoms with Crippen LogP contribution in [-0.2, 0) is 24.3 Å². The maximum absolute atomic E-state index is 14.3. The Hall–Kier alpha value is -4.01. The largest absolute Gasteiger partial charge is 0.496 e. The van der Waals surface area contributed by atoms with Gasteiger partial charge in [-0.2, -0.15) is 0 Å². The van der Waals surface area contributed by atoms with E-state index in [4.69, 9.17) is 14.2 Å². The van der Waals surface area contributed by atoms with Crippen LogP contribution in [0.2, 0.25) is 0 Å². The highest BCUT2D eigenvalue weighted by molar-refractivity contribution is 7.22. The molecule has 1 N–H and O–H groups in total. The summed E-state index contributed by atoms with van der Waals surface area (Å²) in [6.45, 7) is 4.53. The molecule has 1 fully saturated rings. The highest BCUT2D eigenvalue weighted by Gasteiger charge is 2.23. The van der Waals surface area contributed by atoms with Crippen molar-refractivity contribution in [2.45, 2.75) is 19.6 Å². The number of fused-ring (bicyclic) bond motifs is 1. The summed E-state index contributed by atoms with van der Waals surface area (Å²) in [5, 5.41) is 10.3. The number of hydrogen-bond donors (Lipinski definition) is 1. The smallest absolute Gasteiger partial charge is 0.195 e. The van der Waals surface area contributed by atoms with E-state index in [1.54, 1.807) is 18.4 Å². The molecule has 0 aliphatic carbocycles. The van der Waals surface area contributed by atoms with E-state index in [-0.39, 0.29) is 12.4 Å². The zero-order valence-electron chi connectivity index (χ0n) is 24.3. The number of benzene rings is 4. The van der Waals surface area contributed by atoms with Gasteiger partial charge in [-0.15, -0.1) is 11.3 Å². The monoisotopic (exact) mass is 593 g/mol. The third kappa shape index (κ3) is 6.65. The second kappa shape index (κ2) is 13.5. The van der Waals surface area contributed by atoms with Gasteiger partial charge >= 0.3 is 0 Å². The minimum atomic E-state index is -0.0464. The van der Waals surface area contributed by atoms with Gasteiger partial charge < -0.3 is 19.3 Å². The molecule has 0 amide bonds. The molecule has 1 saturated heterocycles. The van der Waals surface area contributed by atoms with Gasteiger partial charge in [0.05, 0.1) is 20.3 Å². The van der Waals surface area contributed by atoms with Crippen LogP contribution in [-0.4, -0.2) is 55.8 Å². The Bertz CT molecular complexity index is 1690. The molecular weight excluding hydrogens is 558 g/mol. The summed E-state index contributed by atoms with van der Waals surface area (Å²) in [6.07, 6.45) is 0.594. The lowest BCUT2D eigenvalue weighted by Crippen LogP contribution is -2.35. The number of methoxy groups -OCH3 is 1. The second-order valence-electron chi connectivity index (χ2n) is 10.7. The van der Waals surface area contributed by atoms with E-state index in [1.807, 2.05) is 91.0 Å². The molecule has 5 aromatic rings. The summed E-state index contributed by atoms with van der Waals surface area (Å²) in [6, 6.07) is 29.9. The lowest BCUT2D eigenvalue weighted by Gasteiger charge is -2.27. The number of morpholine rings is 1. The molecule has 6 rings (SSSR count). The second-order valence-corrected chi connectivity index (χ2v) is 11.7. The average Bonchev–Trinajstić information content (AvgIpc) is 3.44. The van der Waals surface area contributed by atoms with Gasteiger partial charge in [0.15, 0.2) is 5.78 Å². The fourth-order valence-corrected chi connectivity index (χ4v) is 6.68. The van der Waals surface area contributed by atoms with Crippen molar-refractivity contribution in [3.8, 4) is 21.9 Å². The standard InChI is InChI=1S/C36H35NO5S/c1-40-32-21-28(11-12-29(32)23-37-16-19-41-20-17-37)35(39)34-31-14-13-30(42-24-26-5-3-2-4-6-26)22-33(31)43-36(34)27-9-7-25(8-10-27)15-18-38/h2-14,21-22,38H,15-20,23-24H2,1H3. The number of thiophene rings is 1. The molecule has 2 heterocycles. The minimum Gasteiger partial charge on any atom is -0.496 e. The highest BCUT2D eigenvalue weighted by Crippen LogP contribution is 2.42. The van der Waals surface area contributed by atoms with Crippen LogP contribution >= 0.6 is 11.3 Å². The molecule has 1 aromatic heterocycles. The summed E-state index contributed by atoms with van der Waals surface area (Å²) in [5.41, 5.74) is 5.43. The van der Waals surface area contributed by atoms with Crippen molar-refractivity contribution >= 4 is 27.2 Å². The van der Waals surface area contributed by atoms with Gasteiger partial charge in [0, 0.05) is 57.9 Å². The first-order chi connectivity index (χ1) is 21.1. The lowest BCUT2D eigenvalue weighted by molar-refractivity contribution is 0.0339. The normalized spacial score (nSPS) is 13.7. The fourth-order valence-electron chi connectivity index (χ4n) is 5.45. The van der Waals surface area contributed by atoms with Crippen LogP contribution in [0.4, 0.5) is 0 Å². The Morgan fingerprint density at radius 3 is 2.47 bits per heavy atom. The summed E-state index contributed by atoms with van der Waals surface area (Å²) in [7, 11) is 1.66. The number of carbonyl (C=O) groups is 1. The van der Waals surface area contributed by atoms with Gasteiger partial charge in [0.1, 0.15) is 18.1 Å². The molecule has 0 radical (unpaired) electrons. The van der Waals surface area contributed by atoms with Crippen molar-refractivity contribution in [2.75, 3.05) is 40.0 Å². The highest BCUT2D eigenvalue weighted by atomic mass is 32.1. The van der Waals surface area contributed by atoms with E-state index in [0.29, 0.717) is 29.9 Å². The van der Waals surface area contributed by atoms with Crippen LogP contribution in [0.25, 0.3) is 20.5 Å². The molecule has 0 atom stereocenters. The Balaban J connectivity index is 1.36. The van der Waals surface area contributed by atoms with Gasteiger partial charge in [-0.05, 0) is 47.4 Å². The van der Waals surface area contributed by atoms with Crippen LogP contribution in [0.1, 0.15) is 32.6 Å². The maximum Gasteiger partial charge on any atom is 0.195 e. The van der Waals surface area contributed by atoms with Gasteiger partial charge in [0.25, 0.3) is 0 Å². The molecule has 0 unspecified atom stereocenters. The number of aliphatic hydroxyl groups is 1. The molecule has 6 nitrogen and oxygen atoms in total. The Morgan fingerprint density at radius 1 is 0.930 bits per heavy atom. The van der Waals surface area contributed by atoms with Crippen LogP contribution in [0.3, 0.4) is 0 Å². The molecule has 1 aliphatic heterocycles. The van der Waals surface area contributed by atoms with Gasteiger partial charge in [-0.1, -0.05) is 66.7 Å². The zero-order valence-corrected chi connectivity index (χ0v) is 25.1. The summed E-state index contributed by atoms with van der Waals surface area (Å²) in [4.78, 5) is 17.6. The predicted octanol–water partition coefficient (Wildman–Crippen LogP) is 6.75. The number of nitrogens with zero attached hydrogens (tertiary/aromatic N) is 1. The van der Waals surface area contributed by atoms with Crippen molar-refractivity contribution in [3.05, 3.63) is 119 Å². The van der Waals surface area contributed by atoms with E-state index in [0.717, 1.165) is 75.8 Å². The summed E-state index contributed by atoms with van der Waals surface area (Å²) < 4.78 is 18.4. The molecule has 0 spiro atoms. The number of ether oxygens (including phenoxy) is 3. The van der Waals surface area contributed by atoms with E-state index in [9.17, 15) is 9.90 Å². The van der Waals surface area contributed by atoms with Crippen LogP contribution < -0.4 is 9.47 Å². The molecule has 220 valence electrons. The fraction of sp³-hybridized carbons (Fsp3) is 0.250. The molecule has 0 saturated carbocycles. The average molecular weight is 594 g/mol. The molecule has 43 heavy (non-hydrogen) atoms. The Kier molecular flexibility index (Phi) is 9.15. The SMILES string of the molecule is COc1cc(C(=O)c2c(-c3ccc(CCO)cc3)sc3cc(OCc4ccccc4)ccc23)ccc1CN1CCOCC1. The minimum absolute atomic E-state index is 0.0464. The van der Waals surface area contributed by atoms with Gasteiger partial charge in [-0.3, -0.25) is 9.69 Å². The van der Waals surface area contributed by atoms with Crippen molar-refractivity contribution < 1.29 is 24.1 Å². The number of hydrogen-bond acceptors (Lipinski definition) is 7. The van der Waals surface area contributed by atoms with Crippen LogP contribution in [0, 0.1) is 0 Å². The zero-order chi connectivity index (χ0) is 29.6. The molecule has 4 aromatic carbocycles. The lowest BCUT2D eigenvalue weighted by atomic mass is 9.96.